The van der Waals surface area contributed by atoms with Crippen LogP contribution >= 0.6 is 0 Å². The fourth-order valence-electron chi connectivity index (χ4n) is 0.989. The number of hydrogen-bond acceptors (Lipinski definition) is 3. The summed E-state index contributed by atoms with van der Waals surface area (Å²) in [5, 5.41) is 12.0. The number of carbonyl (C=O) groups is 1. The van der Waals surface area contributed by atoms with Crippen LogP contribution in [-0.2, 0) is 11.2 Å². The van der Waals surface area contributed by atoms with Crippen molar-refractivity contribution in [2.75, 3.05) is 0 Å². The molecule has 0 atom stereocenters. The number of hydrogen-bond donors (Lipinski definition) is 1. The van der Waals surface area contributed by atoms with Gasteiger partial charge in [-0.25, -0.2) is 0 Å². The zero-order valence-electron chi connectivity index (χ0n) is 6.91. The third-order valence-corrected chi connectivity index (χ3v) is 1.69. The van der Waals surface area contributed by atoms with Crippen LogP contribution in [0.15, 0.2) is 10.7 Å². The van der Waals surface area contributed by atoms with Crippen molar-refractivity contribution >= 4 is 5.97 Å². The Balaban J connectivity index is 2.33. The van der Waals surface area contributed by atoms with Crippen molar-refractivity contribution in [1.29, 1.82) is 0 Å². The molecule has 1 aromatic heterocycles. The van der Waals surface area contributed by atoms with Crippen LogP contribution in [0.1, 0.15) is 24.2 Å². The molecule has 0 saturated heterocycles. The summed E-state index contributed by atoms with van der Waals surface area (Å²) in [6.07, 6.45) is 3.20. The van der Waals surface area contributed by atoms with Gasteiger partial charge in [0.2, 0.25) is 0 Å². The molecule has 4 heteroatoms. The van der Waals surface area contributed by atoms with Crippen molar-refractivity contribution in [3.63, 3.8) is 0 Å². The first-order chi connectivity index (χ1) is 5.70. The molecule has 0 bridgehead atoms. The van der Waals surface area contributed by atoms with Gasteiger partial charge >= 0.3 is 5.97 Å². The van der Waals surface area contributed by atoms with E-state index in [2.05, 4.69) is 5.16 Å². The van der Waals surface area contributed by atoms with Crippen LogP contribution in [-0.4, -0.2) is 16.2 Å². The number of carboxylic acid groups (broad SMARTS) is 1. The monoisotopic (exact) mass is 169 g/mol. The molecule has 1 aromatic rings. The lowest BCUT2D eigenvalue weighted by Crippen LogP contribution is -1.95. The number of aryl methyl sites for hydroxylation is 2. The third kappa shape index (κ3) is 2.38. The molecule has 0 fully saturated rings. The van der Waals surface area contributed by atoms with Crippen LogP contribution in [0.5, 0.6) is 0 Å². The molecule has 66 valence electrons. The molecule has 0 amide bonds. The van der Waals surface area contributed by atoms with Crippen molar-refractivity contribution in [2.24, 2.45) is 0 Å². The van der Waals surface area contributed by atoms with Gasteiger partial charge in [-0.3, -0.25) is 4.79 Å². The van der Waals surface area contributed by atoms with Crippen molar-refractivity contribution in [3.05, 3.63) is 17.5 Å². The molecule has 0 aromatic carbocycles. The molecule has 4 nitrogen and oxygen atoms in total. The number of aliphatic carboxylic acids is 1. The molecule has 0 saturated carbocycles. The summed E-state index contributed by atoms with van der Waals surface area (Å²) in [7, 11) is 0. The van der Waals surface area contributed by atoms with Crippen LogP contribution in [0.25, 0.3) is 0 Å². The zero-order valence-corrected chi connectivity index (χ0v) is 6.91. The van der Waals surface area contributed by atoms with Gasteiger partial charge < -0.3 is 9.63 Å². The molecule has 0 aliphatic heterocycles. The Hall–Kier alpha value is -1.32. The molecule has 1 rings (SSSR count). The van der Waals surface area contributed by atoms with E-state index in [-0.39, 0.29) is 6.42 Å². The average molecular weight is 169 g/mol. The van der Waals surface area contributed by atoms with E-state index in [9.17, 15) is 4.79 Å². The maximum Gasteiger partial charge on any atom is 0.303 e. The van der Waals surface area contributed by atoms with Gasteiger partial charge in [-0.15, -0.1) is 0 Å². The summed E-state index contributed by atoms with van der Waals surface area (Å²) in [6, 6.07) is 0. The number of aromatic nitrogens is 1. The Labute approximate surface area is 70.2 Å². The summed E-state index contributed by atoms with van der Waals surface area (Å²) in [6.45, 7) is 1.82. The van der Waals surface area contributed by atoms with Gasteiger partial charge in [0.05, 0.1) is 6.20 Å². The van der Waals surface area contributed by atoms with E-state index in [1.807, 2.05) is 6.92 Å². The maximum absolute atomic E-state index is 10.2. The van der Waals surface area contributed by atoms with Gasteiger partial charge in [0, 0.05) is 12.0 Å². The second kappa shape index (κ2) is 3.90. The normalized spacial score (nSPS) is 10.1. The van der Waals surface area contributed by atoms with Crippen molar-refractivity contribution in [3.8, 4) is 0 Å². The first-order valence-corrected chi connectivity index (χ1v) is 3.82. The molecule has 0 radical (unpaired) electrons. The highest BCUT2D eigenvalue weighted by Gasteiger charge is 2.03. The fraction of sp³-hybridized carbons (Fsp3) is 0.500. The van der Waals surface area contributed by atoms with E-state index in [0.29, 0.717) is 6.42 Å². The SMILES string of the molecule is Cc1oncc1CCCC(=O)O. The smallest absolute Gasteiger partial charge is 0.303 e. The molecule has 0 unspecified atom stereocenters. The summed E-state index contributed by atoms with van der Waals surface area (Å²) in [5.74, 6) is 0.0181. The average Bonchev–Trinajstić information content (AvgIpc) is 2.36. The molecular weight excluding hydrogens is 158 g/mol. The largest absolute Gasteiger partial charge is 0.481 e. The van der Waals surface area contributed by atoms with Gasteiger partial charge in [0.25, 0.3) is 0 Å². The predicted octanol–water partition coefficient (Wildman–Crippen LogP) is 1.39. The van der Waals surface area contributed by atoms with Crippen molar-refractivity contribution in [1.82, 2.24) is 5.16 Å². The first kappa shape index (κ1) is 8.77. The molecule has 12 heavy (non-hydrogen) atoms. The van der Waals surface area contributed by atoms with E-state index in [1.165, 1.54) is 0 Å². The second-order valence-corrected chi connectivity index (χ2v) is 2.65. The quantitative estimate of drug-likeness (QED) is 0.739. The van der Waals surface area contributed by atoms with Gasteiger partial charge in [0.15, 0.2) is 0 Å². The maximum atomic E-state index is 10.2. The minimum Gasteiger partial charge on any atom is -0.481 e. The van der Waals surface area contributed by atoms with Gasteiger partial charge in [-0.1, -0.05) is 5.16 Å². The molecule has 1 N–H and O–H groups in total. The van der Waals surface area contributed by atoms with Crippen LogP contribution in [0.4, 0.5) is 0 Å². The van der Waals surface area contributed by atoms with Crippen molar-refractivity contribution < 1.29 is 14.4 Å². The topological polar surface area (TPSA) is 63.3 Å². The second-order valence-electron chi connectivity index (χ2n) is 2.65. The van der Waals surface area contributed by atoms with Crippen LogP contribution in [0.3, 0.4) is 0 Å². The molecule has 0 aliphatic carbocycles. The Bertz CT molecular complexity index is 267. The lowest BCUT2D eigenvalue weighted by Gasteiger charge is -1.94. The Kier molecular flexibility index (Phi) is 2.85. The number of rotatable bonds is 4. The molecule has 0 spiro atoms. The molecular formula is C8H11NO3. The Morgan fingerprint density at radius 1 is 1.75 bits per heavy atom. The Morgan fingerprint density at radius 2 is 2.50 bits per heavy atom. The first-order valence-electron chi connectivity index (χ1n) is 3.82. The standard InChI is InChI=1S/C8H11NO3/c1-6-7(5-9-12-6)3-2-4-8(10)11/h5H,2-4H2,1H3,(H,10,11). The van der Waals surface area contributed by atoms with Gasteiger partial charge in [-0.2, -0.15) is 0 Å². The lowest BCUT2D eigenvalue weighted by molar-refractivity contribution is -0.137. The summed E-state index contributed by atoms with van der Waals surface area (Å²) >= 11 is 0. The van der Waals surface area contributed by atoms with Crippen molar-refractivity contribution in [2.45, 2.75) is 26.2 Å². The fourth-order valence-corrected chi connectivity index (χ4v) is 0.989. The predicted molar refractivity (Wildman–Crippen MR) is 41.8 cm³/mol. The zero-order chi connectivity index (χ0) is 8.97. The number of nitrogens with zero attached hydrogens (tertiary/aromatic N) is 1. The molecule has 0 aliphatic rings. The number of carboxylic acids is 1. The third-order valence-electron chi connectivity index (χ3n) is 1.69. The lowest BCUT2D eigenvalue weighted by atomic mass is 10.1. The van der Waals surface area contributed by atoms with Crippen LogP contribution in [0, 0.1) is 6.92 Å². The van der Waals surface area contributed by atoms with E-state index >= 15 is 0 Å². The van der Waals surface area contributed by atoms with E-state index < -0.39 is 5.97 Å². The highest BCUT2D eigenvalue weighted by molar-refractivity contribution is 5.66. The minimum atomic E-state index is -0.760. The van der Waals surface area contributed by atoms with Gasteiger partial charge in [-0.05, 0) is 19.8 Å². The summed E-state index contributed by atoms with van der Waals surface area (Å²) in [4.78, 5) is 10.2. The van der Waals surface area contributed by atoms with E-state index in [0.717, 1.165) is 17.7 Å². The van der Waals surface area contributed by atoms with Crippen LogP contribution in [0.2, 0.25) is 0 Å². The summed E-state index contributed by atoms with van der Waals surface area (Å²) in [5.41, 5.74) is 0.997. The van der Waals surface area contributed by atoms with E-state index in [1.54, 1.807) is 6.20 Å². The van der Waals surface area contributed by atoms with Gasteiger partial charge in [0.1, 0.15) is 5.76 Å². The Morgan fingerprint density at radius 3 is 3.00 bits per heavy atom. The minimum absolute atomic E-state index is 0.199. The van der Waals surface area contributed by atoms with Crippen LogP contribution < -0.4 is 0 Å². The highest BCUT2D eigenvalue weighted by atomic mass is 16.5. The summed E-state index contributed by atoms with van der Waals surface area (Å²) < 4.78 is 4.82. The highest BCUT2D eigenvalue weighted by Crippen LogP contribution is 2.09. The van der Waals surface area contributed by atoms with E-state index in [4.69, 9.17) is 9.63 Å². The molecule has 1 heterocycles.